The topological polar surface area (TPSA) is 88.8 Å². The number of amides is 1. The zero-order valence-electron chi connectivity index (χ0n) is 15.7. The second-order valence-corrected chi connectivity index (χ2v) is 7.26. The van der Waals surface area contributed by atoms with Crippen LogP contribution in [0.5, 0.6) is 0 Å². The summed E-state index contributed by atoms with van der Waals surface area (Å²) in [6.45, 7) is 0.673. The molecule has 0 bridgehead atoms. The van der Waals surface area contributed by atoms with Crippen molar-refractivity contribution in [3.05, 3.63) is 48.2 Å². The molecule has 142 valence electrons. The Hall–Kier alpha value is -3.29. The zero-order chi connectivity index (χ0) is 19.1. The van der Waals surface area contributed by atoms with Crippen molar-refractivity contribution in [1.82, 2.24) is 24.7 Å². The second-order valence-electron chi connectivity index (χ2n) is 7.26. The van der Waals surface area contributed by atoms with Crippen molar-refractivity contribution in [1.29, 1.82) is 0 Å². The van der Waals surface area contributed by atoms with Gasteiger partial charge in [0.15, 0.2) is 5.82 Å². The lowest BCUT2D eigenvalue weighted by atomic mass is 10.2. The fraction of sp³-hybridized carbons (Fsp3) is 0.350. The molecule has 3 aromatic heterocycles. The smallest absolute Gasteiger partial charge is 0.249 e. The van der Waals surface area contributed by atoms with Crippen LogP contribution in [0.3, 0.4) is 0 Å². The van der Waals surface area contributed by atoms with Gasteiger partial charge in [-0.15, -0.1) is 0 Å². The maximum absolute atomic E-state index is 12.9. The molecule has 2 aliphatic rings. The third-order valence-corrected chi connectivity index (χ3v) is 5.39. The minimum Gasteiger partial charge on any atom is -0.358 e. The number of nitrogens with one attached hydrogen (secondary N) is 1. The van der Waals surface area contributed by atoms with Crippen molar-refractivity contribution >= 4 is 17.4 Å². The van der Waals surface area contributed by atoms with Crippen LogP contribution in [0, 0.1) is 0 Å². The first-order valence-electron chi connectivity index (χ1n) is 9.56. The van der Waals surface area contributed by atoms with Crippen LogP contribution in [-0.2, 0) is 24.7 Å². The van der Waals surface area contributed by atoms with Crippen molar-refractivity contribution < 1.29 is 4.79 Å². The molecular formula is C20H21N7O. The van der Waals surface area contributed by atoms with Gasteiger partial charge >= 0.3 is 0 Å². The summed E-state index contributed by atoms with van der Waals surface area (Å²) in [5.41, 5.74) is 3.99. The first-order chi connectivity index (χ1) is 13.7. The Morgan fingerprint density at radius 1 is 1.18 bits per heavy atom. The van der Waals surface area contributed by atoms with E-state index in [4.69, 9.17) is 9.97 Å². The number of aromatic nitrogens is 5. The third kappa shape index (κ3) is 2.90. The standard InChI is InChI=1S/C20H21N7O/c1-26-12-14(11-22-26)27-10-7-17(20(27)28)24-19-15-3-2-4-16(15)23-18(25-19)13-5-8-21-9-6-13/h5-6,8-9,11-12,17H,2-4,7,10H2,1H3,(H,23,24,25). The number of aryl methyl sites for hydroxylation is 2. The highest BCUT2D eigenvalue weighted by atomic mass is 16.2. The number of carbonyl (C=O) groups excluding carboxylic acids is 1. The number of hydrogen-bond donors (Lipinski definition) is 1. The van der Waals surface area contributed by atoms with Crippen LogP contribution in [-0.4, -0.2) is 43.2 Å². The van der Waals surface area contributed by atoms with Crippen LogP contribution in [0.2, 0.25) is 0 Å². The van der Waals surface area contributed by atoms with E-state index in [0.29, 0.717) is 12.4 Å². The Morgan fingerprint density at radius 3 is 2.82 bits per heavy atom. The van der Waals surface area contributed by atoms with Crippen molar-refractivity contribution in [2.75, 3.05) is 16.8 Å². The predicted octanol–water partition coefficient (Wildman–Crippen LogP) is 1.98. The van der Waals surface area contributed by atoms with E-state index in [9.17, 15) is 4.79 Å². The molecule has 1 unspecified atom stereocenters. The van der Waals surface area contributed by atoms with Gasteiger partial charge in [-0.05, 0) is 37.8 Å². The zero-order valence-corrected chi connectivity index (χ0v) is 15.7. The fourth-order valence-corrected chi connectivity index (χ4v) is 3.96. The summed E-state index contributed by atoms with van der Waals surface area (Å²) in [6, 6.07) is 3.53. The van der Waals surface area contributed by atoms with E-state index in [1.54, 1.807) is 28.2 Å². The first-order valence-corrected chi connectivity index (χ1v) is 9.56. The van der Waals surface area contributed by atoms with E-state index >= 15 is 0 Å². The quantitative estimate of drug-likeness (QED) is 0.750. The molecule has 0 saturated carbocycles. The average Bonchev–Trinajstić information content (AvgIpc) is 3.43. The van der Waals surface area contributed by atoms with Crippen molar-refractivity contribution in [2.45, 2.75) is 31.7 Å². The summed E-state index contributed by atoms with van der Waals surface area (Å²) in [4.78, 5) is 28.3. The lowest BCUT2D eigenvalue weighted by Gasteiger charge is -2.17. The molecular weight excluding hydrogens is 354 g/mol. The lowest BCUT2D eigenvalue weighted by molar-refractivity contribution is -0.117. The number of hydrogen-bond acceptors (Lipinski definition) is 6. The van der Waals surface area contributed by atoms with Crippen LogP contribution in [0.4, 0.5) is 11.5 Å². The molecule has 5 rings (SSSR count). The summed E-state index contributed by atoms with van der Waals surface area (Å²) >= 11 is 0. The fourth-order valence-electron chi connectivity index (χ4n) is 3.96. The molecule has 4 heterocycles. The summed E-state index contributed by atoms with van der Waals surface area (Å²) in [7, 11) is 1.85. The van der Waals surface area contributed by atoms with Gasteiger partial charge in [0, 0.05) is 49.0 Å². The van der Waals surface area contributed by atoms with Gasteiger partial charge in [0.1, 0.15) is 11.9 Å². The highest BCUT2D eigenvalue weighted by Gasteiger charge is 2.34. The Labute approximate surface area is 162 Å². The van der Waals surface area contributed by atoms with Crippen LogP contribution in [0.15, 0.2) is 36.9 Å². The summed E-state index contributed by atoms with van der Waals surface area (Å²) in [5, 5.41) is 7.60. The summed E-state index contributed by atoms with van der Waals surface area (Å²) in [6.07, 6.45) is 10.8. The molecule has 0 spiro atoms. The molecule has 1 aliphatic heterocycles. The van der Waals surface area contributed by atoms with Gasteiger partial charge in [-0.2, -0.15) is 5.10 Å². The molecule has 1 aliphatic carbocycles. The highest BCUT2D eigenvalue weighted by molar-refractivity contribution is 6.00. The molecule has 28 heavy (non-hydrogen) atoms. The Bertz CT molecular complexity index is 1030. The average molecular weight is 375 g/mol. The third-order valence-electron chi connectivity index (χ3n) is 5.39. The molecule has 1 atom stereocenters. The summed E-state index contributed by atoms with van der Waals surface area (Å²) < 4.78 is 1.71. The minimum atomic E-state index is -0.287. The lowest BCUT2D eigenvalue weighted by Crippen LogP contribution is -2.33. The van der Waals surface area contributed by atoms with Gasteiger partial charge in [-0.3, -0.25) is 14.5 Å². The van der Waals surface area contributed by atoms with Gasteiger partial charge in [0.05, 0.1) is 11.9 Å². The number of rotatable bonds is 4. The SMILES string of the molecule is Cn1cc(N2CCC(Nc3nc(-c4ccncc4)nc4c3CCC4)C2=O)cn1. The van der Waals surface area contributed by atoms with E-state index in [1.165, 1.54) is 0 Å². The number of pyridine rings is 1. The molecule has 0 aromatic carbocycles. The molecule has 0 radical (unpaired) electrons. The van der Waals surface area contributed by atoms with Gasteiger partial charge in [0.25, 0.3) is 0 Å². The van der Waals surface area contributed by atoms with Crippen LogP contribution in [0.1, 0.15) is 24.1 Å². The molecule has 8 nitrogen and oxygen atoms in total. The maximum Gasteiger partial charge on any atom is 0.249 e. The maximum atomic E-state index is 12.9. The molecule has 1 fully saturated rings. The van der Waals surface area contributed by atoms with Crippen molar-refractivity contribution in [3.63, 3.8) is 0 Å². The van der Waals surface area contributed by atoms with E-state index in [1.807, 2.05) is 25.4 Å². The van der Waals surface area contributed by atoms with Gasteiger partial charge < -0.3 is 10.2 Å². The Morgan fingerprint density at radius 2 is 2.04 bits per heavy atom. The number of nitrogens with zero attached hydrogens (tertiary/aromatic N) is 6. The van der Waals surface area contributed by atoms with Crippen LogP contribution in [0.25, 0.3) is 11.4 Å². The molecule has 8 heteroatoms. The van der Waals surface area contributed by atoms with Crippen molar-refractivity contribution in [3.8, 4) is 11.4 Å². The highest BCUT2D eigenvalue weighted by Crippen LogP contribution is 2.31. The van der Waals surface area contributed by atoms with Crippen LogP contribution < -0.4 is 10.2 Å². The van der Waals surface area contributed by atoms with Crippen molar-refractivity contribution in [2.24, 2.45) is 7.05 Å². The number of anilines is 2. The minimum absolute atomic E-state index is 0.0591. The van der Waals surface area contributed by atoms with Gasteiger partial charge in [-0.25, -0.2) is 9.97 Å². The van der Waals surface area contributed by atoms with Gasteiger partial charge in [-0.1, -0.05) is 0 Å². The number of fused-ring (bicyclic) bond motifs is 1. The largest absolute Gasteiger partial charge is 0.358 e. The van der Waals surface area contributed by atoms with Crippen LogP contribution >= 0.6 is 0 Å². The van der Waals surface area contributed by atoms with E-state index in [2.05, 4.69) is 15.4 Å². The van der Waals surface area contributed by atoms with Gasteiger partial charge in [0.2, 0.25) is 5.91 Å². The normalized spacial score (nSPS) is 18.5. The molecule has 3 aromatic rings. The molecule has 1 N–H and O–H groups in total. The second kappa shape index (κ2) is 6.70. The molecule has 1 amide bonds. The Balaban J connectivity index is 1.44. The monoisotopic (exact) mass is 375 g/mol. The first kappa shape index (κ1) is 16.9. The number of carbonyl (C=O) groups is 1. The van der Waals surface area contributed by atoms with E-state index in [0.717, 1.165) is 54.0 Å². The Kier molecular flexibility index (Phi) is 4.03. The predicted molar refractivity (Wildman–Crippen MR) is 105 cm³/mol. The summed E-state index contributed by atoms with van der Waals surface area (Å²) in [5.74, 6) is 1.53. The molecule has 1 saturated heterocycles. The van der Waals surface area contributed by atoms with E-state index in [-0.39, 0.29) is 11.9 Å². The van der Waals surface area contributed by atoms with E-state index < -0.39 is 0 Å².